The van der Waals surface area contributed by atoms with Gasteiger partial charge >= 0.3 is 12.1 Å². The molecule has 0 bridgehead atoms. The molecule has 116 valence electrons. The number of anilines is 1. The van der Waals surface area contributed by atoms with E-state index in [0.29, 0.717) is 11.3 Å². The van der Waals surface area contributed by atoms with Gasteiger partial charge in [0.25, 0.3) is 6.47 Å². The first-order chi connectivity index (χ1) is 9.22. The predicted octanol–water partition coefficient (Wildman–Crippen LogP) is 3.68. The van der Waals surface area contributed by atoms with E-state index in [1.807, 2.05) is 19.2 Å². The summed E-state index contributed by atoms with van der Waals surface area (Å²) in [5, 5.41) is 1.82. The zero-order chi connectivity index (χ0) is 16.3. The van der Waals surface area contributed by atoms with Crippen molar-refractivity contribution in [1.29, 1.82) is 0 Å². The van der Waals surface area contributed by atoms with E-state index in [2.05, 4.69) is 4.74 Å². The lowest BCUT2D eigenvalue weighted by molar-refractivity contribution is -0.167. The van der Waals surface area contributed by atoms with Gasteiger partial charge in [-0.1, -0.05) is 13.8 Å². The standard InChI is InChI=1S/C8H8F3NOS.C2H4O2.C2H6/c1-4-3-6(5(2)14-4)12-7(13)8(9,10)11;1-4-2-3;1-2/h3H,1-2H3,(H,12,13);2H,1H3;1-2H3. The van der Waals surface area contributed by atoms with E-state index < -0.39 is 12.1 Å². The molecule has 0 aromatic carbocycles. The summed E-state index contributed by atoms with van der Waals surface area (Å²) in [6.45, 7) is 7.80. The van der Waals surface area contributed by atoms with Gasteiger partial charge in [-0.15, -0.1) is 11.3 Å². The lowest BCUT2D eigenvalue weighted by Gasteiger charge is -2.06. The summed E-state index contributed by atoms with van der Waals surface area (Å²) >= 11 is 1.34. The summed E-state index contributed by atoms with van der Waals surface area (Å²) in [7, 11) is 1.31. The minimum absolute atomic E-state index is 0.231. The molecule has 20 heavy (non-hydrogen) atoms. The number of carbonyl (C=O) groups excluding carboxylic acids is 2. The second-order valence-corrected chi connectivity index (χ2v) is 4.57. The molecule has 8 heteroatoms. The van der Waals surface area contributed by atoms with Gasteiger partial charge in [0.05, 0.1) is 12.8 Å². The first-order valence-corrected chi connectivity index (χ1v) is 6.45. The topological polar surface area (TPSA) is 55.4 Å². The maximum Gasteiger partial charge on any atom is 0.471 e. The van der Waals surface area contributed by atoms with E-state index in [1.54, 1.807) is 13.8 Å². The number of methoxy groups -OCH3 is 1. The summed E-state index contributed by atoms with van der Waals surface area (Å²) in [5.74, 6) is -1.93. The number of rotatable bonds is 2. The fraction of sp³-hybridized carbons (Fsp3) is 0.500. The first kappa shape index (κ1) is 20.7. The molecule has 0 aliphatic rings. The zero-order valence-electron chi connectivity index (χ0n) is 11.9. The normalized spacial score (nSPS) is 9.40. The minimum Gasteiger partial charge on any atom is -0.471 e. The number of halogens is 3. The average molecular weight is 313 g/mol. The van der Waals surface area contributed by atoms with Crippen molar-refractivity contribution in [3.8, 4) is 0 Å². The highest BCUT2D eigenvalue weighted by atomic mass is 32.1. The molecular formula is C12H18F3NO3S. The van der Waals surface area contributed by atoms with Gasteiger partial charge in [-0.3, -0.25) is 9.59 Å². The van der Waals surface area contributed by atoms with Crippen molar-refractivity contribution in [2.45, 2.75) is 33.9 Å². The third kappa shape index (κ3) is 8.52. The molecule has 0 atom stereocenters. The number of thiophene rings is 1. The molecule has 1 rings (SSSR count). The Labute approximate surface area is 119 Å². The Hall–Kier alpha value is -1.57. The Bertz CT molecular complexity index is 417. The molecule has 1 amide bonds. The maximum absolute atomic E-state index is 11.9. The Morgan fingerprint density at radius 2 is 1.80 bits per heavy atom. The van der Waals surface area contributed by atoms with E-state index >= 15 is 0 Å². The number of ether oxygens (including phenoxy) is 1. The molecule has 1 aromatic heterocycles. The van der Waals surface area contributed by atoms with Crippen LogP contribution in [0.15, 0.2) is 6.07 Å². The second-order valence-electron chi connectivity index (χ2n) is 3.11. The lowest BCUT2D eigenvalue weighted by atomic mass is 10.3. The van der Waals surface area contributed by atoms with Crippen molar-refractivity contribution in [3.63, 3.8) is 0 Å². The zero-order valence-corrected chi connectivity index (χ0v) is 12.7. The Balaban J connectivity index is 0. The van der Waals surface area contributed by atoms with Crippen LogP contribution in [-0.2, 0) is 14.3 Å². The monoisotopic (exact) mass is 313 g/mol. The van der Waals surface area contributed by atoms with Crippen LogP contribution in [0.4, 0.5) is 18.9 Å². The van der Waals surface area contributed by atoms with Gasteiger partial charge in [-0.25, -0.2) is 0 Å². The fourth-order valence-electron chi connectivity index (χ4n) is 0.948. The largest absolute Gasteiger partial charge is 0.471 e. The van der Waals surface area contributed by atoms with Gasteiger partial charge in [-0.2, -0.15) is 13.2 Å². The van der Waals surface area contributed by atoms with Crippen LogP contribution in [0.2, 0.25) is 0 Å². The highest BCUT2D eigenvalue weighted by Gasteiger charge is 2.38. The van der Waals surface area contributed by atoms with Crippen LogP contribution in [-0.4, -0.2) is 25.7 Å². The molecule has 0 saturated carbocycles. The molecule has 1 N–H and O–H groups in total. The van der Waals surface area contributed by atoms with Crippen LogP contribution in [0.5, 0.6) is 0 Å². The molecule has 0 spiro atoms. The van der Waals surface area contributed by atoms with Gasteiger partial charge in [0.2, 0.25) is 0 Å². The molecule has 0 aliphatic heterocycles. The molecule has 1 heterocycles. The molecule has 0 radical (unpaired) electrons. The van der Waals surface area contributed by atoms with Crippen LogP contribution in [0, 0.1) is 13.8 Å². The van der Waals surface area contributed by atoms with Gasteiger partial charge in [0, 0.05) is 9.75 Å². The van der Waals surface area contributed by atoms with Crippen molar-refractivity contribution in [2.75, 3.05) is 12.4 Å². The summed E-state index contributed by atoms with van der Waals surface area (Å²) < 4.78 is 39.5. The van der Waals surface area contributed by atoms with E-state index in [9.17, 15) is 18.0 Å². The summed E-state index contributed by atoms with van der Waals surface area (Å²) in [6, 6.07) is 1.52. The van der Waals surface area contributed by atoms with Crippen molar-refractivity contribution in [3.05, 3.63) is 15.8 Å². The predicted molar refractivity (Wildman–Crippen MR) is 72.9 cm³/mol. The molecular weight excluding hydrogens is 295 g/mol. The number of aryl methyl sites for hydroxylation is 2. The fourth-order valence-corrected chi connectivity index (χ4v) is 1.83. The van der Waals surface area contributed by atoms with Crippen LogP contribution in [0.1, 0.15) is 23.6 Å². The van der Waals surface area contributed by atoms with Crippen molar-refractivity contribution >= 4 is 29.4 Å². The highest BCUT2D eigenvalue weighted by Crippen LogP contribution is 2.27. The Morgan fingerprint density at radius 1 is 1.35 bits per heavy atom. The molecule has 0 saturated heterocycles. The highest BCUT2D eigenvalue weighted by molar-refractivity contribution is 7.12. The number of nitrogens with one attached hydrogen (secondary N) is 1. The average Bonchev–Trinajstić information content (AvgIpc) is 2.69. The smallest absolute Gasteiger partial charge is 0.471 e. The Morgan fingerprint density at radius 3 is 2.05 bits per heavy atom. The number of hydrogen-bond acceptors (Lipinski definition) is 4. The van der Waals surface area contributed by atoms with Gasteiger partial charge in [-0.05, 0) is 19.9 Å². The number of amides is 1. The first-order valence-electron chi connectivity index (χ1n) is 5.64. The number of alkyl halides is 3. The second kappa shape index (κ2) is 10.2. The minimum atomic E-state index is -4.83. The number of carbonyl (C=O) groups is 2. The van der Waals surface area contributed by atoms with E-state index in [-0.39, 0.29) is 5.69 Å². The molecule has 1 aromatic rings. The Kier molecular flexibility index (Phi) is 10.6. The SMILES string of the molecule is CC.COC=O.Cc1cc(NC(=O)C(F)(F)F)c(C)s1. The lowest BCUT2D eigenvalue weighted by Crippen LogP contribution is -2.29. The van der Waals surface area contributed by atoms with Crippen molar-refractivity contribution in [1.82, 2.24) is 0 Å². The van der Waals surface area contributed by atoms with Crippen LogP contribution >= 0.6 is 11.3 Å². The van der Waals surface area contributed by atoms with E-state index in [4.69, 9.17) is 4.79 Å². The van der Waals surface area contributed by atoms with E-state index in [0.717, 1.165) is 4.88 Å². The maximum atomic E-state index is 11.9. The quantitative estimate of drug-likeness (QED) is 0.847. The third-order valence-corrected chi connectivity index (χ3v) is 2.61. The third-order valence-electron chi connectivity index (χ3n) is 1.64. The van der Waals surface area contributed by atoms with Crippen LogP contribution in [0.3, 0.4) is 0 Å². The molecule has 0 aliphatic carbocycles. The van der Waals surface area contributed by atoms with Gasteiger partial charge < -0.3 is 10.1 Å². The summed E-state index contributed by atoms with van der Waals surface area (Å²) in [5.41, 5.74) is 0.231. The summed E-state index contributed by atoms with van der Waals surface area (Å²) in [4.78, 5) is 21.0. The number of hydrogen-bond donors (Lipinski definition) is 1. The van der Waals surface area contributed by atoms with Crippen molar-refractivity contribution in [2.24, 2.45) is 0 Å². The molecule has 0 fully saturated rings. The van der Waals surface area contributed by atoms with Crippen LogP contribution in [0.25, 0.3) is 0 Å². The van der Waals surface area contributed by atoms with Crippen molar-refractivity contribution < 1.29 is 27.5 Å². The molecule has 4 nitrogen and oxygen atoms in total. The molecule has 0 unspecified atom stereocenters. The van der Waals surface area contributed by atoms with Gasteiger partial charge in [0.15, 0.2) is 0 Å². The van der Waals surface area contributed by atoms with E-state index in [1.165, 1.54) is 24.5 Å². The summed E-state index contributed by atoms with van der Waals surface area (Å²) in [6.07, 6.45) is -4.83. The van der Waals surface area contributed by atoms with Crippen LogP contribution < -0.4 is 5.32 Å². The van der Waals surface area contributed by atoms with Gasteiger partial charge in [0.1, 0.15) is 0 Å².